The van der Waals surface area contributed by atoms with E-state index in [9.17, 15) is 18.0 Å². The third-order valence-electron chi connectivity index (χ3n) is 5.09. The molecule has 0 saturated carbocycles. The van der Waals surface area contributed by atoms with E-state index in [0.29, 0.717) is 28.6 Å². The second-order valence-electron chi connectivity index (χ2n) is 9.50. The van der Waals surface area contributed by atoms with Gasteiger partial charge in [-0.25, -0.2) is 4.79 Å². The number of nitrogens with one attached hydrogen (secondary N) is 2. The topological polar surface area (TPSA) is 76.2 Å². The molecule has 2 N–H and O–H groups in total. The van der Waals surface area contributed by atoms with Crippen molar-refractivity contribution < 1.29 is 27.4 Å². The molecule has 2 unspecified atom stereocenters. The molecule has 184 valence electrons. The fourth-order valence-electron chi connectivity index (χ4n) is 3.72. The summed E-state index contributed by atoms with van der Waals surface area (Å²) in [6.07, 6.45) is -1.33. The van der Waals surface area contributed by atoms with Crippen LogP contribution in [0, 0.1) is 5.92 Å². The third kappa shape index (κ3) is 6.65. The van der Waals surface area contributed by atoms with Gasteiger partial charge in [0.05, 0.1) is 23.2 Å². The Morgan fingerprint density at radius 2 is 1.88 bits per heavy atom. The molecule has 0 bridgehead atoms. The Bertz CT molecular complexity index is 1140. The zero-order valence-corrected chi connectivity index (χ0v) is 19.9. The Morgan fingerprint density at radius 1 is 1.15 bits per heavy atom. The Kier molecular flexibility index (Phi) is 7.43. The third-order valence-corrected chi connectivity index (χ3v) is 5.09. The lowest BCUT2D eigenvalue weighted by atomic mass is 10.0. The van der Waals surface area contributed by atoms with E-state index in [1.54, 1.807) is 51.4 Å². The summed E-state index contributed by atoms with van der Waals surface area (Å²) in [6.45, 7) is 9.05. The van der Waals surface area contributed by atoms with Crippen molar-refractivity contribution >= 4 is 17.1 Å². The molecule has 2 heterocycles. The smallest absolute Gasteiger partial charge is 0.419 e. The molecule has 0 aliphatic heterocycles. The van der Waals surface area contributed by atoms with E-state index in [-0.39, 0.29) is 24.3 Å². The molecular weight excluding hydrogens is 447 g/mol. The van der Waals surface area contributed by atoms with Crippen molar-refractivity contribution in [2.45, 2.75) is 58.9 Å². The number of amides is 1. The average Bonchev–Trinajstić information content (AvgIpc) is 3.18. The maximum atomic E-state index is 13.8. The molecular formula is C25H30F3N3O3. The SMILES string of the molecule is CC(COc1ccc(-c2ccnc3cc[nH]c23)cc1C(F)(F)F)CC(C)NC(=O)OC(C)(C)C. The number of H-pyrrole nitrogens is 1. The second-order valence-corrected chi connectivity index (χ2v) is 9.50. The Morgan fingerprint density at radius 3 is 2.56 bits per heavy atom. The average molecular weight is 478 g/mol. The highest BCUT2D eigenvalue weighted by atomic mass is 19.4. The zero-order valence-electron chi connectivity index (χ0n) is 19.9. The van der Waals surface area contributed by atoms with Crippen LogP contribution in [0.25, 0.3) is 22.2 Å². The van der Waals surface area contributed by atoms with Gasteiger partial charge in [-0.15, -0.1) is 0 Å². The maximum Gasteiger partial charge on any atom is 0.419 e. The van der Waals surface area contributed by atoms with E-state index >= 15 is 0 Å². The standard InChI is InChI=1S/C25H30F3N3O3/c1-15(12-16(2)31-23(32)34-24(3,4)5)14-33-21-7-6-17(13-19(21)25(26,27)28)18-8-10-29-20-9-11-30-22(18)20/h6-11,13,15-16,30H,12,14H2,1-5H3,(H,31,32). The molecule has 0 aliphatic carbocycles. The lowest BCUT2D eigenvalue weighted by Crippen LogP contribution is -2.38. The van der Waals surface area contributed by atoms with Crippen molar-refractivity contribution in [2.75, 3.05) is 6.61 Å². The van der Waals surface area contributed by atoms with Crippen molar-refractivity contribution in [3.8, 4) is 16.9 Å². The van der Waals surface area contributed by atoms with Gasteiger partial charge in [-0.05, 0) is 69.9 Å². The van der Waals surface area contributed by atoms with Gasteiger partial charge in [0.15, 0.2) is 0 Å². The summed E-state index contributed by atoms with van der Waals surface area (Å²) in [7, 11) is 0. The highest BCUT2D eigenvalue weighted by molar-refractivity contribution is 5.91. The fraction of sp³-hybridized carbons (Fsp3) is 0.440. The molecule has 0 radical (unpaired) electrons. The molecule has 0 saturated heterocycles. The normalized spacial score (nSPS) is 14.0. The van der Waals surface area contributed by atoms with Gasteiger partial charge in [0.25, 0.3) is 0 Å². The summed E-state index contributed by atoms with van der Waals surface area (Å²) in [5.74, 6) is -0.336. The van der Waals surface area contributed by atoms with Crippen molar-refractivity contribution in [1.82, 2.24) is 15.3 Å². The monoisotopic (exact) mass is 477 g/mol. The van der Waals surface area contributed by atoms with Crippen LogP contribution < -0.4 is 10.1 Å². The predicted molar refractivity (Wildman–Crippen MR) is 125 cm³/mol. The van der Waals surface area contributed by atoms with Crippen molar-refractivity contribution in [3.63, 3.8) is 0 Å². The minimum absolute atomic E-state index is 0.0683. The van der Waals surface area contributed by atoms with E-state index in [4.69, 9.17) is 9.47 Å². The molecule has 3 aromatic rings. The van der Waals surface area contributed by atoms with Crippen LogP contribution in [-0.4, -0.2) is 34.3 Å². The minimum atomic E-state index is -4.58. The highest BCUT2D eigenvalue weighted by Crippen LogP contribution is 2.40. The number of carbonyl (C=O) groups excluding carboxylic acids is 1. The molecule has 34 heavy (non-hydrogen) atoms. The van der Waals surface area contributed by atoms with Gasteiger partial charge in [0, 0.05) is 24.0 Å². The molecule has 1 amide bonds. The van der Waals surface area contributed by atoms with Crippen molar-refractivity contribution in [3.05, 3.63) is 48.3 Å². The van der Waals surface area contributed by atoms with E-state index in [2.05, 4.69) is 15.3 Å². The molecule has 2 atom stereocenters. The zero-order chi connectivity index (χ0) is 25.1. The summed E-state index contributed by atoms with van der Waals surface area (Å²) in [4.78, 5) is 19.1. The summed E-state index contributed by atoms with van der Waals surface area (Å²) < 4.78 is 52.4. The Labute approximate surface area is 196 Å². The number of halogens is 3. The van der Waals surface area contributed by atoms with Crippen LogP contribution in [0.3, 0.4) is 0 Å². The van der Waals surface area contributed by atoms with Gasteiger partial charge >= 0.3 is 12.3 Å². The van der Waals surface area contributed by atoms with E-state index in [1.807, 2.05) is 13.8 Å². The minimum Gasteiger partial charge on any atom is -0.493 e. The summed E-state index contributed by atoms with van der Waals surface area (Å²) >= 11 is 0. The van der Waals surface area contributed by atoms with E-state index < -0.39 is 23.4 Å². The molecule has 9 heteroatoms. The van der Waals surface area contributed by atoms with Crippen LogP contribution >= 0.6 is 0 Å². The first-order valence-electron chi connectivity index (χ1n) is 11.1. The van der Waals surface area contributed by atoms with Gasteiger partial charge < -0.3 is 19.8 Å². The van der Waals surface area contributed by atoms with Crippen LogP contribution in [0.15, 0.2) is 42.7 Å². The summed E-state index contributed by atoms with van der Waals surface area (Å²) in [5, 5.41) is 2.73. The number of carbonyl (C=O) groups is 1. The molecule has 0 spiro atoms. The van der Waals surface area contributed by atoms with Gasteiger partial charge in [0.2, 0.25) is 0 Å². The summed E-state index contributed by atoms with van der Waals surface area (Å²) in [5.41, 5.74) is 0.939. The number of pyridine rings is 1. The number of fused-ring (bicyclic) bond motifs is 1. The largest absolute Gasteiger partial charge is 0.493 e. The maximum absolute atomic E-state index is 13.8. The molecule has 3 rings (SSSR count). The van der Waals surface area contributed by atoms with Crippen molar-refractivity contribution in [2.24, 2.45) is 5.92 Å². The van der Waals surface area contributed by atoms with Gasteiger partial charge in [0.1, 0.15) is 11.4 Å². The summed E-state index contributed by atoms with van der Waals surface area (Å²) in [6, 6.07) is 7.27. The molecule has 0 fully saturated rings. The molecule has 0 aliphatic rings. The van der Waals surface area contributed by atoms with Gasteiger partial charge in [-0.1, -0.05) is 13.0 Å². The first kappa shape index (κ1) is 25.4. The number of alkyl carbamates (subject to hydrolysis) is 1. The molecule has 2 aromatic heterocycles. The lowest BCUT2D eigenvalue weighted by molar-refractivity contribution is -0.139. The number of hydrogen-bond donors (Lipinski definition) is 2. The van der Waals surface area contributed by atoms with E-state index in [0.717, 1.165) is 6.07 Å². The number of rotatable bonds is 7. The van der Waals surface area contributed by atoms with Crippen LogP contribution in [-0.2, 0) is 10.9 Å². The quantitative estimate of drug-likeness (QED) is 0.404. The first-order valence-corrected chi connectivity index (χ1v) is 11.1. The first-order chi connectivity index (χ1) is 15.8. The van der Waals surface area contributed by atoms with Crippen LogP contribution in [0.1, 0.15) is 46.6 Å². The Balaban J connectivity index is 1.70. The van der Waals surface area contributed by atoms with Crippen molar-refractivity contribution in [1.29, 1.82) is 0 Å². The number of aromatic amines is 1. The number of alkyl halides is 3. The fourth-order valence-corrected chi connectivity index (χ4v) is 3.72. The second kappa shape index (κ2) is 9.95. The number of benzene rings is 1. The number of hydrogen-bond acceptors (Lipinski definition) is 4. The lowest BCUT2D eigenvalue weighted by Gasteiger charge is -2.23. The number of nitrogens with zero attached hydrogens (tertiary/aromatic N) is 1. The number of aromatic nitrogens is 2. The molecule has 6 nitrogen and oxygen atoms in total. The Hall–Kier alpha value is -3.23. The highest BCUT2D eigenvalue weighted by Gasteiger charge is 2.35. The predicted octanol–water partition coefficient (Wildman–Crippen LogP) is 6.57. The van der Waals surface area contributed by atoms with Gasteiger partial charge in [-0.3, -0.25) is 4.98 Å². The molecule has 1 aromatic carbocycles. The van der Waals surface area contributed by atoms with Crippen LogP contribution in [0.5, 0.6) is 5.75 Å². The number of ether oxygens (including phenoxy) is 2. The van der Waals surface area contributed by atoms with Crippen LogP contribution in [0.4, 0.5) is 18.0 Å². The van der Waals surface area contributed by atoms with Gasteiger partial charge in [-0.2, -0.15) is 13.2 Å². The van der Waals surface area contributed by atoms with Crippen LogP contribution in [0.2, 0.25) is 0 Å². The van der Waals surface area contributed by atoms with E-state index in [1.165, 1.54) is 6.07 Å².